The van der Waals surface area contributed by atoms with E-state index in [0.29, 0.717) is 0 Å². The lowest BCUT2D eigenvalue weighted by Gasteiger charge is -2.23. The molecule has 100 valence electrons. The highest BCUT2D eigenvalue weighted by atomic mass is 16.6. The summed E-state index contributed by atoms with van der Waals surface area (Å²) < 4.78 is 0. The number of aromatic nitrogens is 1. The highest BCUT2D eigenvalue weighted by Gasteiger charge is 2.10. The molecule has 0 unspecified atom stereocenters. The Labute approximate surface area is 108 Å². The molecule has 5 nitrogen and oxygen atoms in total. The Balaban J connectivity index is 2.73. The van der Waals surface area contributed by atoms with E-state index in [0.717, 1.165) is 44.6 Å². The molecule has 0 aromatic carbocycles. The molecule has 0 spiro atoms. The van der Waals surface area contributed by atoms with Gasteiger partial charge in [0.25, 0.3) is 5.69 Å². The average Bonchev–Trinajstić information content (AvgIpc) is 2.39. The number of hydrogen-bond donors (Lipinski definition) is 0. The lowest BCUT2D eigenvalue weighted by molar-refractivity contribution is -0.385. The quantitative estimate of drug-likeness (QED) is 0.525. The summed E-state index contributed by atoms with van der Waals surface area (Å²) >= 11 is 0. The summed E-state index contributed by atoms with van der Waals surface area (Å²) in [6.07, 6.45) is 5.83. The van der Waals surface area contributed by atoms with E-state index in [1.807, 2.05) is 0 Å². The predicted molar refractivity (Wildman–Crippen MR) is 72.9 cm³/mol. The SMILES string of the molecule is CCCCN(CCCC)c1ccc([N+](=O)[O-])cn1. The molecular weight excluding hydrogens is 230 g/mol. The van der Waals surface area contributed by atoms with Gasteiger partial charge in [0.2, 0.25) is 0 Å². The van der Waals surface area contributed by atoms with Crippen LogP contribution in [0.25, 0.3) is 0 Å². The fraction of sp³-hybridized carbons (Fsp3) is 0.615. The van der Waals surface area contributed by atoms with Gasteiger partial charge < -0.3 is 4.90 Å². The van der Waals surface area contributed by atoms with E-state index in [4.69, 9.17) is 0 Å². The van der Waals surface area contributed by atoms with Gasteiger partial charge in [0.05, 0.1) is 4.92 Å². The molecule has 0 aliphatic rings. The number of anilines is 1. The Morgan fingerprint density at radius 2 is 1.83 bits per heavy atom. The van der Waals surface area contributed by atoms with Gasteiger partial charge in [0, 0.05) is 19.2 Å². The van der Waals surface area contributed by atoms with E-state index >= 15 is 0 Å². The van der Waals surface area contributed by atoms with Crippen LogP contribution in [0.15, 0.2) is 18.3 Å². The maximum Gasteiger partial charge on any atom is 0.287 e. The van der Waals surface area contributed by atoms with Gasteiger partial charge in [0.1, 0.15) is 12.0 Å². The summed E-state index contributed by atoms with van der Waals surface area (Å²) in [6.45, 7) is 6.23. The van der Waals surface area contributed by atoms with Crippen LogP contribution in [0.4, 0.5) is 11.5 Å². The van der Waals surface area contributed by atoms with Crippen molar-refractivity contribution in [1.29, 1.82) is 0 Å². The molecule has 18 heavy (non-hydrogen) atoms. The molecule has 5 heteroatoms. The fourth-order valence-electron chi connectivity index (χ4n) is 1.71. The van der Waals surface area contributed by atoms with Crippen molar-refractivity contribution in [2.75, 3.05) is 18.0 Å². The van der Waals surface area contributed by atoms with Crippen LogP contribution in [0.2, 0.25) is 0 Å². The van der Waals surface area contributed by atoms with Crippen molar-refractivity contribution >= 4 is 11.5 Å². The number of nitrogens with zero attached hydrogens (tertiary/aromatic N) is 3. The van der Waals surface area contributed by atoms with Crippen LogP contribution in [-0.4, -0.2) is 23.0 Å². The first-order valence-electron chi connectivity index (χ1n) is 6.54. The molecule has 1 heterocycles. The third-order valence-corrected chi connectivity index (χ3v) is 2.83. The highest BCUT2D eigenvalue weighted by Crippen LogP contribution is 2.16. The fourth-order valence-corrected chi connectivity index (χ4v) is 1.71. The molecule has 0 saturated carbocycles. The smallest absolute Gasteiger partial charge is 0.287 e. The van der Waals surface area contributed by atoms with Crippen LogP contribution in [0.3, 0.4) is 0 Å². The van der Waals surface area contributed by atoms with Crippen LogP contribution in [0.5, 0.6) is 0 Å². The molecule has 1 aromatic heterocycles. The zero-order valence-electron chi connectivity index (χ0n) is 11.1. The molecule has 0 amide bonds. The zero-order chi connectivity index (χ0) is 13.4. The molecule has 0 atom stereocenters. The monoisotopic (exact) mass is 251 g/mol. The standard InChI is InChI=1S/C13H21N3O2/c1-3-5-9-15(10-6-4-2)13-8-7-12(11-14-13)16(17)18/h7-8,11H,3-6,9-10H2,1-2H3. The second-order valence-corrected chi connectivity index (χ2v) is 4.33. The summed E-state index contributed by atoms with van der Waals surface area (Å²) in [5.74, 6) is 0.836. The highest BCUT2D eigenvalue weighted by molar-refractivity contribution is 5.42. The molecular formula is C13H21N3O2. The van der Waals surface area contributed by atoms with Crippen molar-refractivity contribution in [2.24, 2.45) is 0 Å². The summed E-state index contributed by atoms with van der Waals surface area (Å²) in [7, 11) is 0. The van der Waals surface area contributed by atoms with E-state index in [-0.39, 0.29) is 5.69 Å². The third kappa shape index (κ3) is 4.31. The van der Waals surface area contributed by atoms with Gasteiger partial charge >= 0.3 is 0 Å². The summed E-state index contributed by atoms with van der Waals surface area (Å²) in [4.78, 5) is 16.6. The second-order valence-electron chi connectivity index (χ2n) is 4.33. The number of rotatable bonds is 8. The summed E-state index contributed by atoms with van der Waals surface area (Å²) in [5, 5.41) is 10.6. The molecule has 0 bridgehead atoms. The molecule has 1 aromatic rings. The Hall–Kier alpha value is -1.65. The minimum absolute atomic E-state index is 0.0460. The van der Waals surface area contributed by atoms with Crippen LogP contribution >= 0.6 is 0 Å². The molecule has 0 radical (unpaired) electrons. The van der Waals surface area contributed by atoms with Crippen LogP contribution in [-0.2, 0) is 0 Å². The minimum atomic E-state index is -0.417. The second kappa shape index (κ2) is 7.63. The lowest BCUT2D eigenvalue weighted by atomic mass is 10.2. The van der Waals surface area contributed by atoms with E-state index in [2.05, 4.69) is 23.7 Å². The average molecular weight is 251 g/mol. The van der Waals surface area contributed by atoms with Crippen LogP contribution in [0.1, 0.15) is 39.5 Å². The van der Waals surface area contributed by atoms with E-state index in [9.17, 15) is 10.1 Å². The number of nitro groups is 1. The van der Waals surface area contributed by atoms with Gasteiger partial charge in [0.15, 0.2) is 0 Å². The number of hydrogen-bond acceptors (Lipinski definition) is 4. The zero-order valence-corrected chi connectivity index (χ0v) is 11.1. The Morgan fingerprint density at radius 3 is 2.22 bits per heavy atom. The van der Waals surface area contributed by atoms with Gasteiger partial charge in [-0.1, -0.05) is 26.7 Å². The maximum atomic E-state index is 10.6. The first kappa shape index (κ1) is 14.4. The first-order valence-corrected chi connectivity index (χ1v) is 6.54. The largest absolute Gasteiger partial charge is 0.357 e. The third-order valence-electron chi connectivity index (χ3n) is 2.83. The minimum Gasteiger partial charge on any atom is -0.357 e. The number of unbranched alkanes of at least 4 members (excludes halogenated alkanes) is 2. The maximum absolute atomic E-state index is 10.6. The normalized spacial score (nSPS) is 10.3. The van der Waals surface area contributed by atoms with Crippen molar-refractivity contribution < 1.29 is 4.92 Å². The Morgan fingerprint density at radius 1 is 1.22 bits per heavy atom. The Bertz CT molecular complexity index is 357. The van der Waals surface area contributed by atoms with Crippen molar-refractivity contribution in [2.45, 2.75) is 39.5 Å². The van der Waals surface area contributed by atoms with Crippen LogP contribution < -0.4 is 4.90 Å². The molecule has 0 aliphatic heterocycles. The number of pyridine rings is 1. The predicted octanol–water partition coefficient (Wildman–Crippen LogP) is 3.40. The van der Waals surface area contributed by atoms with Crippen molar-refractivity contribution in [3.63, 3.8) is 0 Å². The molecule has 0 N–H and O–H groups in total. The van der Waals surface area contributed by atoms with Gasteiger partial charge in [-0.15, -0.1) is 0 Å². The van der Waals surface area contributed by atoms with Gasteiger partial charge in [-0.25, -0.2) is 4.98 Å². The van der Waals surface area contributed by atoms with Crippen molar-refractivity contribution in [1.82, 2.24) is 4.98 Å². The lowest BCUT2D eigenvalue weighted by Crippen LogP contribution is -2.26. The van der Waals surface area contributed by atoms with Gasteiger partial charge in [-0.2, -0.15) is 0 Å². The van der Waals surface area contributed by atoms with Gasteiger partial charge in [-0.05, 0) is 18.9 Å². The molecule has 0 saturated heterocycles. The van der Waals surface area contributed by atoms with E-state index in [1.165, 1.54) is 12.3 Å². The van der Waals surface area contributed by atoms with Crippen LogP contribution in [0, 0.1) is 10.1 Å². The Kier molecular flexibility index (Phi) is 6.11. The molecule has 1 rings (SSSR count). The summed E-state index contributed by atoms with van der Waals surface area (Å²) in [6, 6.07) is 3.26. The van der Waals surface area contributed by atoms with Crippen molar-refractivity contribution in [3.05, 3.63) is 28.4 Å². The first-order chi connectivity index (χ1) is 8.69. The topological polar surface area (TPSA) is 59.3 Å². The molecule has 0 fully saturated rings. The van der Waals surface area contributed by atoms with E-state index < -0.39 is 4.92 Å². The van der Waals surface area contributed by atoms with Gasteiger partial charge in [-0.3, -0.25) is 10.1 Å². The van der Waals surface area contributed by atoms with Crippen molar-refractivity contribution in [3.8, 4) is 0 Å². The molecule has 0 aliphatic carbocycles. The summed E-state index contributed by atoms with van der Waals surface area (Å²) in [5.41, 5.74) is 0.0460. The van der Waals surface area contributed by atoms with E-state index in [1.54, 1.807) is 6.07 Å².